The van der Waals surface area contributed by atoms with E-state index in [-0.39, 0.29) is 11.9 Å². The quantitative estimate of drug-likeness (QED) is 0.576. The van der Waals surface area contributed by atoms with Crippen molar-refractivity contribution in [3.63, 3.8) is 0 Å². The molecule has 0 spiro atoms. The molecule has 2 aromatic heterocycles. The predicted octanol–water partition coefficient (Wildman–Crippen LogP) is 5.11. The van der Waals surface area contributed by atoms with Crippen LogP contribution in [0, 0.1) is 13.8 Å². The largest absolute Gasteiger partial charge is 0.497 e. The van der Waals surface area contributed by atoms with Gasteiger partial charge < -0.3 is 14.8 Å². The van der Waals surface area contributed by atoms with Gasteiger partial charge in [0.15, 0.2) is 0 Å². The van der Waals surface area contributed by atoms with E-state index in [0.717, 1.165) is 37.1 Å². The summed E-state index contributed by atoms with van der Waals surface area (Å²) >= 11 is 3.36. The molecule has 1 atom stereocenters. The number of nitrogens with zero attached hydrogens (tertiary/aromatic N) is 1. The number of amides is 1. The van der Waals surface area contributed by atoms with E-state index in [1.54, 1.807) is 41.9 Å². The monoisotopic (exact) mass is 442 g/mol. The highest BCUT2D eigenvalue weighted by atomic mass is 32.1. The number of hydrogen-bond acceptors (Lipinski definition) is 6. The molecule has 1 fully saturated rings. The standard InChI is InChI=1S/C23H26N2O3S2/c1-15-16(2)30-23(24-22(26)17-4-6-19(27-3)7-5-17)20(15)21(18-8-13-29-14-18)25-9-11-28-12-10-25/h4-8,13-14,21H,9-12H2,1-3H3,(H,24,26)/t21-/m1/s1. The maximum absolute atomic E-state index is 13.0. The lowest BCUT2D eigenvalue weighted by atomic mass is 9.96. The van der Waals surface area contributed by atoms with Crippen LogP contribution in [0.3, 0.4) is 0 Å². The third-order valence-electron chi connectivity index (χ3n) is 5.55. The van der Waals surface area contributed by atoms with Gasteiger partial charge in [0.05, 0.1) is 26.4 Å². The zero-order chi connectivity index (χ0) is 21.1. The Balaban J connectivity index is 1.69. The van der Waals surface area contributed by atoms with E-state index in [4.69, 9.17) is 9.47 Å². The summed E-state index contributed by atoms with van der Waals surface area (Å²) in [7, 11) is 1.62. The molecule has 1 amide bonds. The van der Waals surface area contributed by atoms with Crippen molar-refractivity contribution < 1.29 is 14.3 Å². The number of rotatable bonds is 6. The third-order valence-corrected chi connectivity index (χ3v) is 7.39. The van der Waals surface area contributed by atoms with Gasteiger partial charge in [-0.1, -0.05) is 0 Å². The number of nitrogens with one attached hydrogen (secondary N) is 1. The smallest absolute Gasteiger partial charge is 0.256 e. The fourth-order valence-electron chi connectivity index (χ4n) is 3.81. The number of carbonyl (C=O) groups excluding carboxylic acids is 1. The van der Waals surface area contributed by atoms with Gasteiger partial charge in [0, 0.05) is 29.1 Å². The van der Waals surface area contributed by atoms with Gasteiger partial charge in [-0.25, -0.2) is 0 Å². The Morgan fingerprint density at radius 1 is 1.17 bits per heavy atom. The Kier molecular flexibility index (Phi) is 6.53. The van der Waals surface area contributed by atoms with Crippen molar-refractivity contribution >= 4 is 33.6 Å². The molecule has 30 heavy (non-hydrogen) atoms. The van der Waals surface area contributed by atoms with Crippen LogP contribution < -0.4 is 10.1 Å². The lowest BCUT2D eigenvalue weighted by molar-refractivity contribution is 0.0241. The molecular formula is C23H26N2O3S2. The van der Waals surface area contributed by atoms with E-state index in [2.05, 4.69) is 40.9 Å². The second-order valence-corrected chi connectivity index (χ2v) is 9.32. The zero-order valence-corrected chi connectivity index (χ0v) is 19.1. The van der Waals surface area contributed by atoms with Crippen molar-refractivity contribution in [2.45, 2.75) is 19.9 Å². The Hall–Kier alpha value is -2.19. The number of methoxy groups -OCH3 is 1. The van der Waals surface area contributed by atoms with Gasteiger partial charge in [0.25, 0.3) is 5.91 Å². The minimum Gasteiger partial charge on any atom is -0.497 e. The Morgan fingerprint density at radius 3 is 2.53 bits per heavy atom. The van der Waals surface area contributed by atoms with Gasteiger partial charge in [-0.05, 0) is 66.1 Å². The molecule has 158 valence electrons. The van der Waals surface area contributed by atoms with Crippen LogP contribution in [-0.2, 0) is 4.74 Å². The molecule has 3 aromatic rings. The Morgan fingerprint density at radius 2 is 1.90 bits per heavy atom. The van der Waals surface area contributed by atoms with Crippen molar-refractivity contribution in [1.82, 2.24) is 4.90 Å². The molecule has 3 heterocycles. The highest BCUT2D eigenvalue weighted by Crippen LogP contribution is 2.43. The maximum Gasteiger partial charge on any atom is 0.256 e. The molecule has 1 aromatic carbocycles. The summed E-state index contributed by atoms with van der Waals surface area (Å²) in [6.45, 7) is 7.49. The first-order valence-electron chi connectivity index (χ1n) is 9.97. The molecule has 4 rings (SSSR count). The number of benzene rings is 1. The van der Waals surface area contributed by atoms with Gasteiger partial charge in [-0.15, -0.1) is 11.3 Å². The molecule has 1 aliphatic heterocycles. The molecule has 0 aliphatic carbocycles. The third kappa shape index (κ3) is 4.30. The predicted molar refractivity (Wildman–Crippen MR) is 123 cm³/mol. The summed E-state index contributed by atoms with van der Waals surface area (Å²) in [5.74, 6) is 0.631. The number of morpholine rings is 1. The summed E-state index contributed by atoms with van der Waals surface area (Å²) in [4.78, 5) is 16.7. The molecule has 7 heteroatoms. The molecule has 1 N–H and O–H groups in total. The second kappa shape index (κ2) is 9.31. The summed E-state index contributed by atoms with van der Waals surface area (Å²) in [5, 5.41) is 8.44. The highest BCUT2D eigenvalue weighted by Gasteiger charge is 2.30. The van der Waals surface area contributed by atoms with Gasteiger partial charge in [-0.2, -0.15) is 11.3 Å². The minimum atomic E-state index is -0.105. The van der Waals surface area contributed by atoms with Crippen LogP contribution in [-0.4, -0.2) is 44.2 Å². The first-order valence-corrected chi connectivity index (χ1v) is 11.7. The summed E-state index contributed by atoms with van der Waals surface area (Å²) in [6.07, 6.45) is 0. The number of thiophene rings is 2. The van der Waals surface area contributed by atoms with Crippen LogP contribution in [0.1, 0.15) is 38.0 Å². The van der Waals surface area contributed by atoms with E-state index in [1.165, 1.54) is 21.6 Å². The molecule has 1 aliphatic rings. The molecule has 0 unspecified atom stereocenters. The number of ether oxygens (including phenoxy) is 2. The molecule has 1 saturated heterocycles. The lowest BCUT2D eigenvalue weighted by Gasteiger charge is -2.35. The fourth-order valence-corrected chi connectivity index (χ4v) is 5.58. The van der Waals surface area contributed by atoms with Crippen molar-refractivity contribution in [3.05, 3.63) is 68.2 Å². The molecule has 5 nitrogen and oxygen atoms in total. The van der Waals surface area contributed by atoms with Gasteiger partial charge in [0.2, 0.25) is 0 Å². The topological polar surface area (TPSA) is 50.8 Å². The van der Waals surface area contributed by atoms with E-state index in [1.807, 2.05) is 12.1 Å². The normalized spacial score (nSPS) is 15.7. The van der Waals surface area contributed by atoms with E-state index < -0.39 is 0 Å². The lowest BCUT2D eigenvalue weighted by Crippen LogP contribution is -2.39. The number of carbonyl (C=O) groups is 1. The second-order valence-electron chi connectivity index (χ2n) is 7.32. The van der Waals surface area contributed by atoms with Gasteiger partial charge in [-0.3, -0.25) is 9.69 Å². The van der Waals surface area contributed by atoms with E-state index >= 15 is 0 Å². The van der Waals surface area contributed by atoms with Crippen LogP contribution in [0.25, 0.3) is 0 Å². The fraction of sp³-hybridized carbons (Fsp3) is 0.348. The van der Waals surface area contributed by atoms with Crippen LogP contribution in [0.2, 0.25) is 0 Å². The summed E-state index contributed by atoms with van der Waals surface area (Å²) < 4.78 is 10.8. The highest BCUT2D eigenvalue weighted by molar-refractivity contribution is 7.16. The average Bonchev–Trinajstić information content (AvgIpc) is 3.39. The Labute approximate surface area is 185 Å². The molecule has 0 radical (unpaired) electrons. The van der Waals surface area contributed by atoms with Crippen molar-refractivity contribution in [1.29, 1.82) is 0 Å². The van der Waals surface area contributed by atoms with Crippen LogP contribution in [0.15, 0.2) is 41.1 Å². The van der Waals surface area contributed by atoms with Crippen molar-refractivity contribution in [2.24, 2.45) is 0 Å². The first kappa shape index (κ1) is 21.1. The van der Waals surface area contributed by atoms with E-state index in [0.29, 0.717) is 5.56 Å². The van der Waals surface area contributed by atoms with Gasteiger partial charge in [0.1, 0.15) is 10.8 Å². The first-order chi connectivity index (χ1) is 14.6. The Bertz CT molecular complexity index is 990. The maximum atomic E-state index is 13.0. The molecule has 0 bridgehead atoms. The van der Waals surface area contributed by atoms with Crippen LogP contribution >= 0.6 is 22.7 Å². The number of hydrogen-bond donors (Lipinski definition) is 1. The van der Waals surface area contributed by atoms with Crippen LogP contribution in [0.5, 0.6) is 5.75 Å². The average molecular weight is 443 g/mol. The number of aryl methyl sites for hydroxylation is 1. The summed E-state index contributed by atoms with van der Waals surface area (Å²) in [6, 6.07) is 9.49. The van der Waals surface area contributed by atoms with E-state index in [9.17, 15) is 4.79 Å². The minimum absolute atomic E-state index is 0.105. The molecular weight excluding hydrogens is 416 g/mol. The zero-order valence-electron chi connectivity index (χ0n) is 17.4. The van der Waals surface area contributed by atoms with Crippen molar-refractivity contribution in [3.8, 4) is 5.75 Å². The SMILES string of the molecule is COc1ccc(C(=O)Nc2sc(C)c(C)c2[C@@H](c2ccsc2)N2CCOCC2)cc1. The van der Waals surface area contributed by atoms with Crippen molar-refractivity contribution in [2.75, 3.05) is 38.7 Å². The summed E-state index contributed by atoms with van der Waals surface area (Å²) in [5.41, 5.74) is 4.32. The number of anilines is 1. The molecule has 0 saturated carbocycles. The van der Waals surface area contributed by atoms with Crippen LogP contribution in [0.4, 0.5) is 5.00 Å². The van der Waals surface area contributed by atoms with Gasteiger partial charge >= 0.3 is 0 Å².